The molecule has 4 nitrogen and oxygen atoms in total. The van der Waals surface area contributed by atoms with E-state index in [-0.39, 0.29) is 0 Å². The molecule has 4 heteroatoms. The van der Waals surface area contributed by atoms with Crippen LogP contribution < -0.4 is 10.6 Å². The Morgan fingerprint density at radius 1 is 1.15 bits per heavy atom. The molecule has 0 radical (unpaired) electrons. The maximum Gasteiger partial charge on any atom is 0.191 e. The smallest absolute Gasteiger partial charge is 0.191 e. The standard InChI is InChI=1S/C16H33N3O/c1-4-16(10-9-11-16)14-19-15(17-5-2)18-12-7-8-13-20-6-3/h4-14H2,1-3H3,(H2,17,18,19). The summed E-state index contributed by atoms with van der Waals surface area (Å²) in [5, 5.41) is 6.76. The van der Waals surface area contributed by atoms with Gasteiger partial charge in [-0.05, 0) is 51.4 Å². The van der Waals surface area contributed by atoms with Gasteiger partial charge in [0.25, 0.3) is 0 Å². The molecule has 0 unspecified atom stereocenters. The van der Waals surface area contributed by atoms with Gasteiger partial charge < -0.3 is 15.4 Å². The summed E-state index contributed by atoms with van der Waals surface area (Å²) in [6, 6.07) is 0. The number of hydrogen-bond donors (Lipinski definition) is 2. The van der Waals surface area contributed by atoms with Crippen LogP contribution in [-0.2, 0) is 4.74 Å². The lowest BCUT2D eigenvalue weighted by atomic mass is 9.67. The molecule has 1 fully saturated rings. The van der Waals surface area contributed by atoms with Crippen LogP contribution in [0.15, 0.2) is 4.99 Å². The minimum atomic E-state index is 0.497. The lowest BCUT2D eigenvalue weighted by Crippen LogP contribution is -2.40. The first-order valence-electron chi connectivity index (χ1n) is 8.36. The fraction of sp³-hybridized carbons (Fsp3) is 0.938. The second-order valence-electron chi connectivity index (χ2n) is 5.73. The number of nitrogens with zero attached hydrogens (tertiary/aromatic N) is 1. The molecule has 20 heavy (non-hydrogen) atoms. The van der Waals surface area contributed by atoms with Crippen molar-refractivity contribution in [1.29, 1.82) is 0 Å². The topological polar surface area (TPSA) is 45.7 Å². The average molecular weight is 283 g/mol. The summed E-state index contributed by atoms with van der Waals surface area (Å²) in [4.78, 5) is 4.78. The molecule has 1 saturated carbocycles. The predicted molar refractivity (Wildman–Crippen MR) is 86.3 cm³/mol. The van der Waals surface area contributed by atoms with E-state index in [1.54, 1.807) is 0 Å². The number of guanidine groups is 1. The van der Waals surface area contributed by atoms with Gasteiger partial charge in [0.05, 0.1) is 0 Å². The van der Waals surface area contributed by atoms with Gasteiger partial charge >= 0.3 is 0 Å². The van der Waals surface area contributed by atoms with Crippen molar-refractivity contribution in [3.05, 3.63) is 0 Å². The summed E-state index contributed by atoms with van der Waals surface area (Å²) >= 11 is 0. The Bertz CT molecular complexity index is 269. The monoisotopic (exact) mass is 283 g/mol. The van der Waals surface area contributed by atoms with Crippen LogP contribution in [0.5, 0.6) is 0 Å². The lowest BCUT2D eigenvalue weighted by molar-refractivity contribution is 0.139. The average Bonchev–Trinajstić information content (AvgIpc) is 2.41. The summed E-state index contributed by atoms with van der Waals surface area (Å²) in [6.07, 6.45) is 7.57. The van der Waals surface area contributed by atoms with Crippen molar-refractivity contribution in [2.24, 2.45) is 10.4 Å². The Kier molecular flexibility index (Phi) is 8.67. The third kappa shape index (κ3) is 6.12. The van der Waals surface area contributed by atoms with Crippen molar-refractivity contribution in [1.82, 2.24) is 10.6 Å². The minimum absolute atomic E-state index is 0.497. The number of hydrogen-bond acceptors (Lipinski definition) is 2. The van der Waals surface area contributed by atoms with Crippen LogP contribution in [0.4, 0.5) is 0 Å². The molecule has 0 spiro atoms. The Balaban J connectivity index is 2.24. The molecule has 0 atom stereocenters. The van der Waals surface area contributed by atoms with Crippen LogP contribution in [0.1, 0.15) is 59.3 Å². The molecular weight excluding hydrogens is 250 g/mol. The molecule has 0 amide bonds. The summed E-state index contributed by atoms with van der Waals surface area (Å²) in [7, 11) is 0. The quantitative estimate of drug-likeness (QED) is 0.368. The molecule has 0 heterocycles. The van der Waals surface area contributed by atoms with E-state index >= 15 is 0 Å². The van der Waals surface area contributed by atoms with Crippen molar-refractivity contribution in [3.8, 4) is 0 Å². The van der Waals surface area contributed by atoms with Gasteiger partial charge in [-0.3, -0.25) is 4.99 Å². The van der Waals surface area contributed by atoms with Crippen molar-refractivity contribution < 1.29 is 4.74 Å². The van der Waals surface area contributed by atoms with Gasteiger partial charge in [-0.1, -0.05) is 13.3 Å². The summed E-state index contributed by atoms with van der Waals surface area (Å²) < 4.78 is 5.34. The molecule has 0 aromatic heterocycles. The zero-order valence-corrected chi connectivity index (χ0v) is 13.6. The zero-order valence-electron chi connectivity index (χ0n) is 13.6. The van der Waals surface area contributed by atoms with Gasteiger partial charge in [0.2, 0.25) is 0 Å². The zero-order chi connectivity index (χ0) is 14.7. The SMILES string of the molecule is CCNC(=NCC1(CC)CCC1)NCCCCOCC. The van der Waals surface area contributed by atoms with E-state index in [1.807, 2.05) is 6.92 Å². The highest BCUT2D eigenvalue weighted by Gasteiger charge is 2.34. The van der Waals surface area contributed by atoms with Crippen molar-refractivity contribution in [2.75, 3.05) is 32.8 Å². The van der Waals surface area contributed by atoms with Gasteiger partial charge in [0.15, 0.2) is 5.96 Å². The highest BCUT2D eigenvalue weighted by atomic mass is 16.5. The van der Waals surface area contributed by atoms with Gasteiger partial charge in [-0.15, -0.1) is 0 Å². The first-order chi connectivity index (χ1) is 9.76. The van der Waals surface area contributed by atoms with E-state index in [1.165, 1.54) is 25.7 Å². The predicted octanol–water partition coefficient (Wildman–Crippen LogP) is 2.94. The highest BCUT2D eigenvalue weighted by molar-refractivity contribution is 5.79. The van der Waals surface area contributed by atoms with Gasteiger partial charge in [-0.25, -0.2) is 0 Å². The second kappa shape index (κ2) is 10.0. The normalized spacial score (nSPS) is 17.6. The van der Waals surface area contributed by atoms with E-state index in [0.29, 0.717) is 5.41 Å². The van der Waals surface area contributed by atoms with E-state index in [4.69, 9.17) is 9.73 Å². The molecule has 1 aliphatic rings. The van der Waals surface area contributed by atoms with Crippen LogP contribution in [0, 0.1) is 5.41 Å². The molecule has 1 rings (SSSR count). The van der Waals surface area contributed by atoms with E-state index in [9.17, 15) is 0 Å². The van der Waals surface area contributed by atoms with Gasteiger partial charge in [-0.2, -0.15) is 0 Å². The molecule has 0 bridgehead atoms. The van der Waals surface area contributed by atoms with Crippen LogP contribution in [0.3, 0.4) is 0 Å². The fourth-order valence-electron chi connectivity index (χ4n) is 2.57. The van der Waals surface area contributed by atoms with E-state index in [0.717, 1.165) is 51.6 Å². The molecule has 0 aliphatic heterocycles. The van der Waals surface area contributed by atoms with E-state index < -0.39 is 0 Å². The maximum atomic E-state index is 5.34. The first kappa shape index (κ1) is 17.3. The number of ether oxygens (including phenoxy) is 1. The van der Waals surface area contributed by atoms with Crippen molar-refractivity contribution >= 4 is 5.96 Å². The molecule has 1 aliphatic carbocycles. The largest absolute Gasteiger partial charge is 0.382 e. The molecule has 0 aromatic carbocycles. The van der Waals surface area contributed by atoms with Crippen LogP contribution in [-0.4, -0.2) is 38.8 Å². The third-order valence-corrected chi connectivity index (χ3v) is 4.29. The molecule has 118 valence electrons. The van der Waals surface area contributed by atoms with Gasteiger partial charge in [0, 0.05) is 32.8 Å². The first-order valence-corrected chi connectivity index (χ1v) is 8.36. The van der Waals surface area contributed by atoms with Gasteiger partial charge in [0.1, 0.15) is 0 Å². The minimum Gasteiger partial charge on any atom is -0.382 e. The second-order valence-corrected chi connectivity index (χ2v) is 5.73. The van der Waals surface area contributed by atoms with Crippen LogP contribution in [0.25, 0.3) is 0 Å². The molecule has 0 saturated heterocycles. The Morgan fingerprint density at radius 3 is 2.50 bits per heavy atom. The molecule has 2 N–H and O–H groups in total. The molecule has 0 aromatic rings. The fourth-order valence-corrected chi connectivity index (χ4v) is 2.57. The highest BCUT2D eigenvalue weighted by Crippen LogP contribution is 2.43. The Morgan fingerprint density at radius 2 is 1.95 bits per heavy atom. The number of nitrogens with one attached hydrogen (secondary N) is 2. The Hall–Kier alpha value is -0.770. The number of rotatable bonds is 10. The summed E-state index contributed by atoms with van der Waals surface area (Å²) in [6.45, 7) is 11.0. The van der Waals surface area contributed by atoms with Crippen molar-refractivity contribution in [3.63, 3.8) is 0 Å². The number of unbranched alkanes of at least 4 members (excludes halogenated alkanes) is 1. The maximum absolute atomic E-state index is 5.34. The summed E-state index contributed by atoms with van der Waals surface area (Å²) in [5.41, 5.74) is 0.497. The molecular formula is C16H33N3O. The number of aliphatic imine (C=N–C) groups is 1. The Labute approximate surface area is 124 Å². The third-order valence-electron chi connectivity index (χ3n) is 4.29. The van der Waals surface area contributed by atoms with Crippen LogP contribution in [0.2, 0.25) is 0 Å². The lowest BCUT2D eigenvalue weighted by Gasteiger charge is -2.40. The van der Waals surface area contributed by atoms with Crippen LogP contribution >= 0.6 is 0 Å². The van der Waals surface area contributed by atoms with E-state index in [2.05, 4.69) is 24.5 Å². The summed E-state index contributed by atoms with van der Waals surface area (Å²) in [5.74, 6) is 0.976. The van der Waals surface area contributed by atoms with Crippen molar-refractivity contribution in [2.45, 2.75) is 59.3 Å².